The molecule has 132 valence electrons. The van der Waals surface area contributed by atoms with Crippen molar-refractivity contribution in [2.24, 2.45) is 4.99 Å². The molecule has 1 aliphatic rings. The van der Waals surface area contributed by atoms with E-state index in [4.69, 9.17) is 5.11 Å². The van der Waals surface area contributed by atoms with Crippen LogP contribution in [0.4, 0.5) is 13.2 Å². The highest BCUT2D eigenvalue weighted by atomic mass is 127. The summed E-state index contributed by atoms with van der Waals surface area (Å²) in [7, 11) is -1.86. The molecule has 1 aliphatic heterocycles. The number of aliphatic hydroxyl groups is 1. The van der Waals surface area contributed by atoms with Crippen LogP contribution in [0, 0.1) is 0 Å². The summed E-state index contributed by atoms with van der Waals surface area (Å²) in [5.41, 5.74) is 0. The first-order valence-electron chi connectivity index (χ1n) is 6.33. The molecule has 1 fully saturated rings. The van der Waals surface area contributed by atoms with Gasteiger partial charge in [-0.3, -0.25) is 4.99 Å². The third-order valence-corrected chi connectivity index (χ3v) is 5.92. The molecule has 1 rings (SSSR count). The topological polar surface area (TPSA) is 82.0 Å². The molecular formula is C11H21F3IN3O3S. The first kappa shape index (κ1) is 21.7. The van der Waals surface area contributed by atoms with E-state index in [1.54, 1.807) is 18.7 Å². The summed E-state index contributed by atoms with van der Waals surface area (Å²) >= 11 is 0. The first-order valence-corrected chi connectivity index (χ1v) is 7.98. The van der Waals surface area contributed by atoms with Gasteiger partial charge in [-0.05, 0) is 13.8 Å². The number of nitrogens with zero attached hydrogens (tertiary/aromatic N) is 2. The number of rotatable bonds is 2. The lowest BCUT2D eigenvalue weighted by Gasteiger charge is -2.39. The average molecular weight is 459 g/mol. The van der Waals surface area contributed by atoms with Gasteiger partial charge in [-0.25, -0.2) is 8.42 Å². The Bertz CT molecular complexity index is 508. The molecule has 1 atom stereocenters. The van der Waals surface area contributed by atoms with E-state index >= 15 is 0 Å². The summed E-state index contributed by atoms with van der Waals surface area (Å²) in [4.78, 5) is 5.41. The number of aliphatic hydroxyl groups excluding tert-OH is 1. The van der Waals surface area contributed by atoms with Crippen molar-refractivity contribution in [1.29, 1.82) is 0 Å². The van der Waals surface area contributed by atoms with Gasteiger partial charge in [-0.15, -0.1) is 24.0 Å². The molecule has 0 radical (unpaired) electrons. The highest BCUT2D eigenvalue weighted by Crippen LogP contribution is 2.24. The molecule has 1 heterocycles. The zero-order chi connectivity index (χ0) is 16.5. The third-order valence-electron chi connectivity index (χ3n) is 3.39. The second-order valence-corrected chi connectivity index (χ2v) is 8.23. The lowest BCUT2D eigenvalue weighted by molar-refractivity contribution is -0.201. The fraction of sp³-hybridized carbons (Fsp3) is 0.909. The van der Waals surface area contributed by atoms with Crippen molar-refractivity contribution < 1.29 is 26.7 Å². The number of halogens is 4. The maximum atomic E-state index is 12.2. The number of aliphatic imine (C=N–C) groups is 1. The third kappa shape index (κ3) is 5.11. The Kier molecular flexibility index (Phi) is 7.41. The van der Waals surface area contributed by atoms with Crippen molar-refractivity contribution in [3.05, 3.63) is 0 Å². The normalized spacial score (nSPS) is 22.7. The highest BCUT2D eigenvalue weighted by molar-refractivity contribution is 14.0. The van der Waals surface area contributed by atoms with E-state index in [0.717, 1.165) is 0 Å². The van der Waals surface area contributed by atoms with Gasteiger partial charge in [-0.2, -0.15) is 13.2 Å². The zero-order valence-corrected chi connectivity index (χ0v) is 15.7. The van der Waals surface area contributed by atoms with Gasteiger partial charge in [0.25, 0.3) is 0 Å². The van der Waals surface area contributed by atoms with Crippen LogP contribution >= 0.6 is 24.0 Å². The summed E-state index contributed by atoms with van der Waals surface area (Å²) in [6.07, 6.45) is -7.22. The Morgan fingerprint density at radius 2 is 2.00 bits per heavy atom. The van der Waals surface area contributed by atoms with E-state index in [0.29, 0.717) is 0 Å². The zero-order valence-electron chi connectivity index (χ0n) is 12.5. The molecule has 6 nitrogen and oxygen atoms in total. The van der Waals surface area contributed by atoms with E-state index < -0.39 is 33.4 Å². The molecule has 0 saturated carbocycles. The first-order chi connectivity index (χ1) is 9.40. The molecule has 22 heavy (non-hydrogen) atoms. The van der Waals surface area contributed by atoms with Crippen molar-refractivity contribution >= 4 is 39.8 Å². The molecule has 0 aromatic carbocycles. The summed E-state index contributed by atoms with van der Waals surface area (Å²) < 4.78 is 59.5. The summed E-state index contributed by atoms with van der Waals surface area (Å²) in [6, 6.07) is 0. The molecule has 11 heteroatoms. The maximum absolute atomic E-state index is 12.2. The monoisotopic (exact) mass is 459 g/mol. The largest absolute Gasteiger partial charge is 0.416 e. The number of nitrogens with one attached hydrogen (secondary N) is 1. The van der Waals surface area contributed by atoms with E-state index in [9.17, 15) is 21.6 Å². The van der Waals surface area contributed by atoms with E-state index in [2.05, 4.69) is 10.3 Å². The van der Waals surface area contributed by atoms with Crippen molar-refractivity contribution in [3.8, 4) is 0 Å². The average Bonchev–Trinajstić information content (AvgIpc) is 2.32. The van der Waals surface area contributed by atoms with Crippen LogP contribution in [-0.2, 0) is 9.84 Å². The molecular weight excluding hydrogens is 438 g/mol. The van der Waals surface area contributed by atoms with Crippen LogP contribution < -0.4 is 5.32 Å². The number of guanidine groups is 1. The fourth-order valence-electron chi connectivity index (χ4n) is 1.96. The van der Waals surface area contributed by atoms with Gasteiger partial charge < -0.3 is 15.3 Å². The summed E-state index contributed by atoms with van der Waals surface area (Å²) in [5, 5.41) is 11.4. The quantitative estimate of drug-likeness (QED) is 0.360. The lowest BCUT2D eigenvalue weighted by atomic mass is 10.2. The van der Waals surface area contributed by atoms with E-state index in [-0.39, 0.29) is 48.8 Å². The van der Waals surface area contributed by atoms with Gasteiger partial charge in [0, 0.05) is 20.1 Å². The molecule has 0 aromatic heterocycles. The van der Waals surface area contributed by atoms with Gasteiger partial charge in [0.1, 0.15) is 0 Å². The predicted molar refractivity (Wildman–Crippen MR) is 88.3 cm³/mol. The smallest absolute Gasteiger partial charge is 0.382 e. The van der Waals surface area contributed by atoms with Crippen LogP contribution in [0.25, 0.3) is 0 Å². The van der Waals surface area contributed by atoms with Gasteiger partial charge in [-0.1, -0.05) is 0 Å². The van der Waals surface area contributed by atoms with Crippen molar-refractivity contribution in [1.82, 2.24) is 10.2 Å². The molecule has 0 spiro atoms. The fourth-order valence-corrected chi connectivity index (χ4v) is 3.33. The van der Waals surface area contributed by atoms with Crippen LogP contribution in [0.3, 0.4) is 0 Å². The maximum Gasteiger partial charge on any atom is 0.416 e. The molecule has 1 unspecified atom stereocenters. The summed E-state index contributed by atoms with van der Waals surface area (Å²) in [6.45, 7) is 2.66. The van der Waals surface area contributed by atoms with Gasteiger partial charge in [0.2, 0.25) is 0 Å². The standard InChI is InChI=1S/C11H20F3N3O3S.HI/c1-10(2)7-17(4-5-21(10,19)20)9(15-3)16-6-8(18)11(12,13)14;/h8,18H,4-7H2,1-3H3,(H,15,16);1H. The Balaban J connectivity index is 0.00000441. The number of alkyl halides is 3. The molecule has 0 aliphatic carbocycles. The molecule has 2 N–H and O–H groups in total. The summed E-state index contributed by atoms with van der Waals surface area (Å²) in [5.74, 6) is 0.0454. The second kappa shape index (κ2) is 7.51. The van der Waals surface area contributed by atoms with Gasteiger partial charge >= 0.3 is 6.18 Å². The molecule has 0 bridgehead atoms. The Labute approximate surface area is 145 Å². The number of hydrogen-bond acceptors (Lipinski definition) is 4. The minimum Gasteiger partial charge on any atom is -0.382 e. The second-order valence-electron chi connectivity index (χ2n) is 5.49. The van der Waals surface area contributed by atoms with Crippen LogP contribution in [0.5, 0.6) is 0 Å². The van der Waals surface area contributed by atoms with Crippen LogP contribution in [-0.4, -0.2) is 73.8 Å². The van der Waals surface area contributed by atoms with Gasteiger partial charge in [0.15, 0.2) is 21.9 Å². The van der Waals surface area contributed by atoms with Gasteiger partial charge in [0.05, 0.1) is 17.0 Å². The van der Waals surface area contributed by atoms with Crippen molar-refractivity contribution in [3.63, 3.8) is 0 Å². The molecule has 1 saturated heterocycles. The Morgan fingerprint density at radius 3 is 2.41 bits per heavy atom. The van der Waals surface area contributed by atoms with E-state index in [1.165, 1.54) is 7.05 Å². The number of sulfone groups is 1. The Morgan fingerprint density at radius 1 is 1.45 bits per heavy atom. The Hall–Kier alpha value is -0.300. The van der Waals surface area contributed by atoms with Crippen LogP contribution in [0.15, 0.2) is 4.99 Å². The van der Waals surface area contributed by atoms with Crippen LogP contribution in [0.2, 0.25) is 0 Å². The van der Waals surface area contributed by atoms with Crippen LogP contribution in [0.1, 0.15) is 13.8 Å². The minimum atomic E-state index is -4.71. The van der Waals surface area contributed by atoms with Crippen molar-refractivity contribution in [2.75, 3.05) is 32.4 Å². The SMILES string of the molecule is CN=C(NCC(O)C(F)(F)F)N1CCS(=O)(=O)C(C)(C)C1.I. The number of hydrogen-bond donors (Lipinski definition) is 2. The lowest BCUT2D eigenvalue weighted by Crippen LogP contribution is -2.58. The molecule has 0 aromatic rings. The highest BCUT2D eigenvalue weighted by Gasteiger charge is 2.42. The minimum absolute atomic E-state index is 0. The van der Waals surface area contributed by atoms with E-state index in [1.807, 2.05) is 0 Å². The van der Waals surface area contributed by atoms with Crippen molar-refractivity contribution in [2.45, 2.75) is 30.9 Å². The predicted octanol–water partition coefficient (Wildman–Crippen LogP) is 0.612. The molecule has 0 amide bonds.